The van der Waals surface area contributed by atoms with Crippen molar-refractivity contribution in [1.82, 2.24) is 9.97 Å². The van der Waals surface area contributed by atoms with Crippen molar-refractivity contribution in [2.24, 2.45) is 0 Å². The van der Waals surface area contributed by atoms with Gasteiger partial charge in [0.1, 0.15) is 5.69 Å². The Bertz CT molecular complexity index is 408. The first-order chi connectivity index (χ1) is 6.95. The minimum absolute atomic E-state index is 0.774. The van der Waals surface area contributed by atoms with Gasteiger partial charge in [-0.2, -0.15) is 0 Å². The minimum Gasteiger partial charge on any atom is -0.263 e. The van der Waals surface area contributed by atoms with E-state index in [1.807, 2.05) is 30.3 Å². The van der Waals surface area contributed by atoms with Crippen LogP contribution in [0, 0.1) is 11.8 Å². The highest BCUT2D eigenvalue weighted by molar-refractivity contribution is 5.38. The molecule has 0 spiro atoms. The van der Waals surface area contributed by atoms with Crippen LogP contribution in [0.2, 0.25) is 0 Å². The lowest BCUT2D eigenvalue weighted by Crippen LogP contribution is -1.79. The Labute approximate surface area is 82.7 Å². The Balaban J connectivity index is 2.24. The van der Waals surface area contributed by atoms with E-state index in [1.165, 1.54) is 0 Å². The zero-order chi connectivity index (χ0) is 9.64. The molecule has 0 aromatic carbocycles. The summed E-state index contributed by atoms with van der Waals surface area (Å²) in [5, 5.41) is 0. The quantitative estimate of drug-likeness (QED) is 0.578. The van der Waals surface area contributed by atoms with Gasteiger partial charge in [0, 0.05) is 24.2 Å². The molecule has 0 aliphatic carbocycles. The summed E-state index contributed by atoms with van der Waals surface area (Å²) in [6, 6.07) is 9.45. The van der Waals surface area contributed by atoms with Gasteiger partial charge in [0.15, 0.2) is 0 Å². The number of hydrogen-bond donors (Lipinski definition) is 0. The second-order valence-corrected chi connectivity index (χ2v) is 2.71. The summed E-state index contributed by atoms with van der Waals surface area (Å²) in [6.45, 7) is 0. The van der Waals surface area contributed by atoms with Crippen LogP contribution in [0.4, 0.5) is 0 Å². The van der Waals surface area contributed by atoms with Crippen molar-refractivity contribution in [1.29, 1.82) is 0 Å². The highest BCUT2D eigenvalue weighted by Gasteiger charge is 1.85. The smallest absolute Gasteiger partial charge is 0.113 e. The van der Waals surface area contributed by atoms with Gasteiger partial charge in [-0.15, -0.1) is 0 Å². The Morgan fingerprint density at radius 3 is 2.64 bits per heavy atom. The summed E-state index contributed by atoms with van der Waals surface area (Å²) >= 11 is 0. The standard InChI is InChI=1S/C12H8N2/c1-2-9-14-12(5-1)7-6-11-4-3-8-13-10-11/h1-5,8-10H. The van der Waals surface area contributed by atoms with E-state index in [4.69, 9.17) is 0 Å². The topological polar surface area (TPSA) is 25.8 Å². The van der Waals surface area contributed by atoms with Gasteiger partial charge < -0.3 is 0 Å². The molecule has 0 saturated heterocycles. The number of nitrogens with zero attached hydrogens (tertiary/aromatic N) is 2. The summed E-state index contributed by atoms with van der Waals surface area (Å²) in [7, 11) is 0. The molecule has 0 radical (unpaired) electrons. The number of hydrogen-bond acceptors (Lipinski definition) is 2. The molecule has 0 bridgehead atoms. The second kappa shape index (κ2) is 4.20. The maximum Gasteiger partial charge on any atom is 0.113 e. The summed E-state index contributed by atoms with van der Waals surface area (Å²) in [6.07, 6.45) is 5.19. The number of aromatic nitrogens is 2. The zero-order valence-electron chi connectivity index (χ0n) is 7.51. The van der Waals surface area contributed by atoms with Crippen molar-refractivity contribution in [2.45, 2.75) is 0 Å². The monoisotopic (exact) mass is 180 g/mol. The van der Waals surface area contributed by atoms with Gasteiger partial charge in [0.2, 0.25) is 0 Å². The lowest BCUT2D eigenvalue weighted by Gasteiger charge is -1.87. The fourth-order valence-electron chi connectivity index (χ4n) is 1.01. The average molecular weight is 180 g/mol. The van der Waals surface area contributed by atoms with Crippen molar-refractivity contribution in [3.8, 4) is 11.8 Å². The van der Waals surface area contributed by atoms with Crippen molar-refractivity contribution < 1.29 is 0 Å². The first-order valence-corrected chi connectivity index (χ1v) is 4.28. The maximum absolute atomic E-state index is 4.10. The van der Waals surface area contributed by atoms with Gasteiger partial charge in [0.25, 0.3) is 0 Å². The molecule has 0 fully saturated rings. The van der Waals surface area contributed by atoms with E-state index in [0.717, 1.165) is 11.3 Å². The predicted molar refractivity (Wildman–Crippen MR) is 54.5 cm³/mol. The van der Waals surface area contributed by atoms with Gasteiger partial charge >= 0.3 is 0 Å². The van der Waals surface area contributed by atoms with E-state index in [9.17, 15) is 0 Å². The van der Waals surface area contributed by atoms with Gasteiger partial charge in [-0.05, 0) is 30.2 Å². The van der Waals surface area contributed by atoms with E-state index in [0.29, 0.717) is 0 Å². The largest absolute Gasteiger partial charge is 0.263 e. The first kappa shape index (κ1) is 8.46. The first-order valence-electron chi connectivity index (χ1n) is 4.28. The molecule has 0 unspecified atom stereocenters. The molecular formula is C12H8N2. The molecule has 0 saturated carbocycles. The fraction of sp³-hybridized carbons (Fsp3) is 0. The third-order valence-electron chi connectivity index (χ3n) is 1.66. The third-order valence-corrected chi connectivity index (χ3v) is 1.66. The molecule has 2 aromatic rings. The van der Waals surface area contributed by atoms with Crippen molar-refractivity contribution in [3.63, 3.8) is 0 Å². The summed E-state index contributed by atoms with van der Waals surface area (Å²) in [5.41, 5.74) is 1.68. The van der Waals surface area contributed by atoms with E-state index in [2.05, 4.69) is 21.8 Å². The Kier molecular flexibility index (Phi) is 2.54. The minimum atomic E-state index is 0.774. The molecule has 2 nitrogen and oxygen atoms in total. The lowest BCUT2D eigenvalue weighted by atomic mass is 10.3. The lowest BCUT2D eigenvalue weighted by molar-refractivity contribution is 1.28. The Morgan fingerprint density at radius 1 is 0.929 bits per heavy atom. The summed E-state index contributed by atoms with van der Waals surface area (Å²) in [5.74, 6) is 5.95. The zero-order valence-corrected chi connectivity index (χ0v) is 7.51. The fourth-order valence-corrected chi connectivity index (χ4v) is 1.01. The van der Waals surface area contributed by atoms with Crippen LogP contribution in [0.3, 0.4) is 0 Å². The van der Waals surface area contributed by atoms with Gasteiger partial charge in [-0.1, -0.05) is 12.0 Å². The molecule has 0 aliphatic heterocycles. The molecule has 2 heteroatoms. The molecule has 0 amide bonds. The summed E-state index contributed by atoms with van der Waals surface area (Å²) in [4.78, 5) is 8.07. The van der Waals surface area contributed by atoms with Gasteiger partial charge in [-0.25, -0.2) is 4.98 Å². The van der Waals surface area contributed by atoms with Crippen molar-refractivity contribution in [2.75, 3.05) is 0 Å². The molecule has 0 atom stereocenters. The molecule has 2 rings (SSSR count). The van der Waals surface area contributed by atoms with Crippen LogP contribution in [0.25, 0.3) is 0 Å². The van der Waals surface area contributed by atoms with Gasteiger partial charge in [-0.3, -0.25) is 4.98 Å². The highest BCUT2D eigenvalue weighted by atomic mass is 14.6. The number of pyridine rings is 2. The molecule has 66 valence electrons. The third kappa shape index (κ3) is 2.18. The Hall–Kier alpha value is -2.14. The molecule has 2 aromatic heterocycles. The predicted octanol–water partition coefficient (Wildman–Crippen LogP) is 1.88. The van der Waals surface area contributed by atoms with E-state index >= 15 is 0 Å². The van der Waals surface area contributed by atoms with Crippen LogP contribution in [0.15, 0.2) is 48.9 Å². The molecular weight excluding hydrogens is 172 g/mol. The van der Waals surface area contributed by atoms with Crippen LogP contribution < -0.4 is 0 Å². The van der Waals surface area contributed by atoms with E-state index in [1.54, 1.807) is 18.6 Å². The van der Waals surface area contributed by atoms with Crippen LogP contribution in [-0.4, -0.2) is 9.97 Å². The second-order valence-electron chi connectivity index (χ2n) is 2.71. The van der Waals surface area contributed by atoms with E-state index < -0.39 is 0 Å². The number of rotatable bonds is 0. The molecule has 0 aliphatic rings. The molecule has 14 heavy (non-hydrogen) atoms. The van der Waals surface area contributed by atoms with Crippen LogP contribution >= 0.6 is 0 Å². The Morgan fingerprint density at radius 2 is 1.93 bits per heavy atom. The van der Waals surface area contributed by atoms with Crippen LogP contribution in [0.5, 0.6) is 0 Å². The van der Waals surface area contributed by atoms with Crippen molar-refractivity contribution >= 4 is 0 Å². The van der Waals surface area contributed by atoms with E-state index in [-0.39, 0.29) is 0 Å². The van der Waals surface area contributed by atoms with Crippen LogP contribution in [0.1, 0.15) is 11.3 Å². The normalized spacial score (nSPS) is 8.86. The van der Waals surface area contributed by atoms with Crippen LogP contribution in [-0.2, 0) is 0 Å². The average Bonchev–Trinajstić information content (AvgIpc) is 2.29. The summed E-state index contributed by atoms with van der Waals surface area (Å²) < 4.78 is 0. The molecule has 0 N–H and O–H groups in total. The highest BCUT2D eigenvalue weighted by Crippen LogP contribution is 1.94. The molecule has 2 heterocycles. The van der Waals surface area contributed by atoms with Gasteiger partial charge in [0.05, 0.1) is 0 Å². The maximum atomic E-state index is 4.10. The SMILES string of the molecule is C(#Cc1ccccn1)c1cccnc1. The van der Waals surface area contributed by atoms with Crippen molar-refractivity contribution in [3.05, 3.63) is 60.2 Å².